The molecule has 2 rings (SSSR count). The summed E-state index contributed by atoms with van der Waals surface area (Å²) in [6.07, 6.45) is 11.7. The summed E-state index contributed by atoms with van der Waals surface area (Å²) in [6.45, 7) is 12.0. The van der Waals surface area contributed by atoms with Crippen molar-refractivity contribution in [1.82, 2.24) is 0 Å². The summed E-state index contributed by atoms with van der Waals surface area (Å²) in [5, 5.41) is 19.2. The summed E-state index contributed by atoms with van der Waals surface area (Å²) in [7, 11) is 0. The SMILES string of the molecule is CC(C)=CC(C(=O)O)/C(C)=C/CCC(C)=CCC[C@]1(C)CCc2cc(O)cc(C)c2O1. The Morgan fingerprint density at radius 2 is 1.90 bits per heavy atom. The number of phenols is 1. The number of aromatic hydroxyl groups is 1. The van der Waals surface area contributed by atoms with Crippen molar-refractivity contribution in [3.8, 4) is 11.5 Å². The highest BCUT2D eigenvalue weighted by Gasteiger charge is 2.32. The molecule has 4 heteroatoms. The second-order valence-corrected chi connectivity index (χ2v) is 9.44. The molecule has 0 radical (unpaired) electrons. The summed E-state index contributed by atoms with van der Waals surface area (Å²) in [5.41, 5.74) is 5.12. The smallest absolute Gasteiger partial charge is 0.314 e. The predicted octanol–water partition coefficient (Wildman–Crippen LogP) is 6.90. The van der Waals surface area contributed by atoms with E-state index in [2.05, 4.69) is 26.0 Å². The van der Waals surface area contributed by atoms with Crippen LogP contribution in [0.5, 0.6) is 11.5 Å². The summed E-state index contributed by atoms with van der Waals surface area (Å²) in [5.74, 6) is -0.0973. The van der Waals surface area contributed by atoms with Crippen LogP contribution in [-0.4, -0.2) is 21.8 Å². The van der Waals surface area contributed by atoms with E-state index in [4.69, 9.17) is 4.74 Å². The maximum absolute atomic E-state index is 11.5. The molecule has 1 aliphatic rings. The Hall–Kier alpha value is -2.49. The van der Waals surface area contributed by atoms with Gasteiger partial charge < -0.3 is 14.9 Å². The van der Waals surface area contributed by atoms with Crippen LogP contribution in [0.4, 0.5) is 0 Å². The average molecular weight is 427 g/mol. The lowest BCUT2D eigenvalue weighted by molar-refractivity contribution is -0.138. The number of aryl methyl sites for hydroxylation is 2. The Morgan fingerprint density at radius 3 is 2.55 bits per heavy atom. The fraction of sp³-hybridized carbons (Fsp3) is 0.519. The summed E-state index contributed by atoms with van der Waals surface area (Å²) in [6, 6.07) is 3.57. The number of hydrogen-bond donors (Lipinski definition) is 2. The number of benzene rings is 1. The van der Waals surface area contributed by atoms with E-state index in [1.165, 1.54) is 5.57 Å². The molecule has 4 nitrogen and oxygen atoms in total. The van der Waals surface area contributed by atoms with Gasteiger partial charge >= 0.3 is 5.97 Å². The van der Waals surface area contributed by atoms with E-state index < -0.39 is 11.9 Å². The number of phenolic OH excluding ortho intramolecular Hbond substituents is 1. The minimum atomic E-state index is -0.796. The molecule has 170 valence electrons. The van der Waals surface area contributed by atoms with Gasteiger partial charge in [-0.2, -0.15) is 0 Å². The monoisotopic (exact) mass is 426 g/mol. The van der Waals surface area contributed by atoms with Crippen LogP contribution in [0.1, 0.15) is 77.8 Å². The number of carboxylic acid groups (broad SMARTS) is 1. The molecule has 0 fully saturated rings. The van der Waals surface area contributed by atoms with Crippen molar-refractivity contribution in [2.45, 2.75) is 85.7 Å². The molecule has 1 heterocycles. The molecule has 0 aromatic heterocycles. The van der Waals surface area contributed by atoms with E-state index in [1.807, 2.05) is 39.8 Å². The fourth-order valence-corrected chi connectivity index (χ4v) is 4.14. The number of aliphatic carboxylic acids is 1. The first-order chi connectivity index (χ1) is 14.5. The molecular formula is C27H38O4. The van der Waals surface area contributed by atoms with Crippen LogP contribution in [0.3, 0.4) is 0 Å². The van der Waals surface area contributed by atoms with E-state index in [1.54, 1.807) is 6.07 Å². The molecule has 1 unspecified atom stereocenters. The van der Waals surface area contributed by atoms with Crippen LogP contribution in [0, 0.1) is 12.8 Å². The van der Waals surface area contributed by atoms with Gasteiger partial charge in [-0.1, -0.05) is 34.9 Å². The van der Waals surface area contributed by atoms with Crippen molar-refractivity contribution in [1.29, 1.82) is 0 Å². The molecular weight excluding hydrogens is 388 g/mol. The maximum atomic E-state index is 11.5. The van der Waals surface area contributed by atoms with Gasteiger partial charge in [0.1, 0.15) is 17.1 Å². The Labute approximate surface area is 187 Å². The molecule has 0 amide bonds. The Kier molecular flexibility index (Phi) is 8.55. The highest BCUT2D eigenvalue weighted by atomic mass is 16.5. The second-order valence-electron chi connectivity index (χ2n) is 9.44. The lowest BCUT2D eigenvalue weighted by atomic mass is 9.87. The maximum Gasteiger partial charge on any atom is 0.314 e. The second kappa shape index (κ2) is 10.7. The van der Waals surface area contributed by atoms with Crippen molar-refractivity contribution < 1.29 is 19.7 Å². The van der Waals surface area contributed by atoms with E-state index in [0.29, 0.717) is 5.75 Å². The van der Waals surface area contributed by atoms with Gasteiger partial charge in [0.15, 0.2) is 0 Å². The molecule has 2 atom stereocenters. The quantitative estimate of drug-likeness (QED) is 0.421. The van der Waals surface area contributed by atoms with Crippen LogP contribution in [-0.2, 0) is 11.2 Å². The normalized spacial score (nSPS) is 19.9. The van der Waals surface area contributed by atoms with Gasteiger partial charge in [0, 0.05) is 0 Å². The number of carbonyl (C=O) groups is 1. The lowest BCUT2D eigenvalue weighted by Gasteiger charge is -2.36. The zero-order valence-electron chi connectivity index (χ0n) is 19.9. The average Bonchev–Trinajstić information content (AvgIpc) is 2.66. The molecule has 2 N–H and O–H groups in total. The number of rotatable bonds is 9. The Bertz CT molecular complexity index is 887. The Balaban J connectivity index is 1.89. The third-order valence-corrected chi connectivity index (χ3v) is 6.04. The molecule has 0 saturated carbocycles. The van der Waals surface area contributed by atoms with Crippen LogP contribution < -0.4 is 4.74 Å². The third kappa shape index (κ3) is 7.30. The zero-order chi connectivity index (χ0) is 23.2. The summed E-state index contributed by atoms with van der Waals surface area (Å²) >= 11 is 0. The van der Waals surface area contributed by atoms with Gasteiger partial charge in [0.05, 0.1) is 5.92 Å². The number of fused-ring (bicyclic) bond motifs is 1. The van der Waals surface area contributed by atoms with Crippen molar-refractivity contribution >= 4 is 5.97 Å². The van der Waals surface area contributed by atoms with E-state index in [-0.39, 0.29) is 5.60 Å². The first kappa shape index (κ1) is 24.8. The molecule has 0 saturated heterocycles. The standard InChI is InChI=1S/C27H38O4/c1-18(2)15-24(26(29)30)20(4)11-7-9-19(3)10-8-13-27(6)14-12-22-17-23(28)16-21(5)25(22)31-27/h10-11,15-17,24,28H,7-9,12-14H2,1-6H3,(H,29,30)/b19-10?,20-11+/t24?,27-/m1/s1. The highest BCUT2D eigenvalue weighted by molar-refractivity contribution is 5.75. The number of carboxylic acids is 1. The molecule has 0 aliphatic carbocycles. The highest BCUT2D eigenvalue weighted by Crippen LogP contribution is 2.39. The van der Waals surface area contributed by atoms with Crippen LogP contribution in [0.2, 0.25) is 0 Å². The lowest BCUT2D eigenvalue weighted by Crippen LogP contribution is -2.36. The minimum absolute atomic E-state index is 0.193. The fourth-order valence-electron chi connectivity index (χ4n) is 4.14. The van der Waals surface area contributed by atoms with Gasteiger partial charge in [-0.3, -0.25) is 4.79 Å². The first-order valence-corrected chi connectivity index (χ1v) is 11.2. The van der Waals surface area contributed by atoms with Crippen molar-refractivity contribution in [3.63, 3.8) is 0 Å². The molecule has 0 spiro atoms. The van der Waals surface area contributed by atoms with Crippen molar-refractivity contribution in [2.24, 2.45) is 5.92 Å². The molecule has 31 heavy (non-hydrogen) atoms. The van der Waals surface area contributed by atoms with Gasteiger partial charge in [-0.15, -0.1) is 0 Å². The number of hydrogen-bond acceptors (Lipinski definition) is 3. The Morgan fingerprint density at radius 1 is 1.19 bits per heavy atom. The minimum Gasteiger partial charge on any atom is -0.508 e. The van der Waals surface area contributed by atoms with Crippen LogP contribution in [0.25, 0.3) is 0 Å². The van der Waals surface area contributed by atoms with Crippen LogP contribution in [0.15, 0.2) is 47.1 Å². The molecule has 1 aromatic carbocycles. The van der Waals surface area contributed by atoms with Gasteiger partial charge in [0.2, 0.25) is 0 Å². The zero-order valence-corrected chi connectivity index (χ0v) is 19.9. The van der Waals surface area contributed by atoms with Crippen LogP contribution >= 0.6 is 0 Å². The van der Waals surface area contributed by atoms with Crippen molar-refractivity contribution in [3.05, 3.63) is 58.2 Å². The number of allylic oxidation sites excluding steroid dienone is 4. The summed E-state index contributed by atoms with van der Waals surface area (Å²) < 4.78 is 6.37. The first-order valence-electron chi connectivity index (χ1n) is 11.2. The molecule has 1 aromatic rings. The predicted molar refractivity (Wildman–Crippen MR) is 127 cm³/mol. The van der Waals surface area contributed by atoms with Gasteiger partial charge in [-0.05, 0) is 103 Å². The van der Waals surface area contributed by atoms with E-state index >= 15 is 0 Å². The topological polar surface area (TPSA) is 66.8 Å². The van der Waals surface area contributed by atoms with Gasteiger partial charge in [-0.25, -0.2) is 0 Å². The van der Waals surface area contributed by atoms with Gasteiger partial charge in [0.25, 0.3) is 0 Å². The van der Waals surface area contributed by atoms with E-state index in [9.17, 15) is 15.0 Å². The van der Waals surface area contributed by atoms with Crippen molar-refractivity contribution in [2.75, 3.05) is 0 Å². The summed E-state index contributed by atoms with van der Waals surface area (Å²) in [4.78, 5) is 11.5. The molecule has 1 aliphatic heterocycles. The number of ether oxygens (including phenoxy) is 1. The van der Waals surface area contributed by atoms with E-state index in [0.717, 1.165) is 66.5 Å². The third-order valence-electron chi connectivity index (χ3n) is 6.04. The largest absolute Gasteiger partial charge is 0.508 e. The molecule has 0 bridgehead atoms.